The molecule has 0 amide bonds. The molecule has 3 aliphatic heterocycles. The first kappa shape index (κ1) is 13.1. The molecule has 110 valence electrons. The largest absolute Gasteiger partial charge is 0.492 e. The van der Waals surface area contributed by atoms with Gasteiger partial charge in [0.15, 0.2) is 0 Å². The first-order valence-electron chi connectivity index (χ1n) is 7.77. The molecule has 1 aromatic rings. The minimum Gasteiger partial charge on any atom is -0.492 e. The SMILES string of the molecule is N#CC1(C2(O)CCN3CCCC32)COc2ccccc2C1. The van der Waals surface area contributed by atoms with E-state index in [1.165, 1.54) is 0 Å². The van der Waals surface area contributed by atoms with Crippen LogP contribution < -0.4 is 4.74 Å². The predicted octanol–water partition coefficient (Wildman–Crippen LogP) is 1.73. The monoisotopic (exact) mass is 284 g/mol. The van der Waals surface area contributed by atoms with Gasteiger partial charge < -0.3 is 9.84 Å². The van der Waals surface area contributed by atoms with Gasteiger partial charge in [0.05, 0.1) is 6.07 Å². The van der Waals surface area contributed by atoms with E-state index in [1.54, 1.807) is 0 Å². The first-order chi connectivity index (χ1) is 10.2. The molecule has 4 heteroatoms. The minimum atomic E-state index is -0.953. The molecule has 0 radical (unpaired) electrons. The van der Waals surface area contributed by atoms with Gasteiger partial charge in [0.1, 0.15) is 23.4 Å². The molecule has 1 N–H and O–H groups in total. The number of aliphatic hydroxyl groups is 1. The highest BCUT2D eigenvalue weighted by atomic mass is 16.5. The lowest BCUT2D eigenvalue weighted by Crippen LogP contribution is -2.59. The van der Waals surface area contributed by atoms with E-state index in [0.29, 0.717) is 19.4 Å². The number of hydrogen-bond acceptors (Lipinski definition) is 4. The lowest BCUT2D eigenvalue weighted by Gasteiger charge is -2.45. The van der Waals surface area contributed by atoms with Crippen LogP contribution in [0.3, 0.4) is 0 Å². The Morgan fingerprint density at radius 3 is 3.05 bits per heavy atom. The van der Waals surface area contributed by atoms with Gasteiger partial charge in [-0.1, -0.05) is 18.2 Å². The number of benzene rings is 1. The van der Waals surface area contributed by atoms with Crippen molar-refractivity contribution >= 4 is 0 Å². The summed E-state index contributed by atoms with van der Waals surface area (Å²) in [6.45, 7) is 2.24. The highest BCUT2D eigenvalue weighted by Gasteiger charge is 2.62. The van der Waals surface area contributed by atoms with Crippen molar-refractivity contribution < 1.29 is 9.84 Å². The van der Waals surface area contributed by atoms with Crippen LogP contribution >= 0.6 is 0 Å². The van der Waals surface area contributed by atoms with E-state index >= 15 is 0 Å². The molecular weight excluding hydrogens is 264 g/mol. The number of ether oxygens (including phenoxy) is 1. The number of para-hydroxylation sites is 1. The van der Waals surface area contributed by atoms with Gasteiger partial charge in [0.2, 0.25) is 0 Å². The van der Waals surface area contributed by atoms with Gasteiger partial charge in [-0.3, -0.25) is 4.90 Å². The van der Waals surface area contributed by atoms with Crippen LogP contribution in [0.4, 0.5) is 0 Å². The molecule has 3 atom stereocenters. The lowest BCUT2D eigenvalue weighted by molar-refractivity contribution is -0.0955. The predicted molar refractivity (Wildman–Crippen MR) is 77.8 cm³/mol. The molecule has 3 aliphatic rings. The van der Waals surface area contributed by atoms with Crippen molar-refractivity contribution in [2.45, 2.75) is 37.3 Å². The summed E-state index contributed by atoms with van der Waals surface area (Å²) in [5.74, 6) is 0.855. The molecule has 2 fully saturated rings. The third-order valence-corrected chi connectivity index (χ3v) is 5.68. The molecule has 2 saturated heterocycles. The smallest absolute Gasteiger partial charge is 0.125 e. The van der Waals surface area contributed by atoms with Crippen LogP contribution in [-0.4, -0.2) is 41.3 Å². The summed E-state index contributed by atoms with van der Waals surface area (Å²) < 4.78 is 5.86. The molecule has 0 bridgehead atoms. The molecule has 4 nitrogen and oxygen atoms in total. The molecule has 0 aromatic heterocycles. The van der Waals surface area contributed by atoms with Crippen molar-refractivity contribution in [2.75, 3.05) is 19.7 Å². The third-order valence-electron chi connectivity index (χ3n) is 5.68. The highest BCUT2D eigenvalue weighted by molar-refractivity contribution is 5.39. The normalized spacial score (nSPS) is 38.4. The Kier molecular flexibility index (Phi) is 2.79. The quantitative estimate of drug-likeness (QED) is 0.853. The van der Waals surface area contributed by atoms with Crippen molar-refractivity contribution in [2.24, 2.45) is 5.41 Å². The zero-order valence-electron chi connectivity index (χ0n) is 12.1. The topological polar surface area (TPSA) is 56.5 Å². The van der Waals surface area contributed by atoms with Crippen molar-refractivity contribution in [3.05, 3.63) is 29.8 Å². The third kappa shape index (κ3) is 1.68. The molecule has 0 aliphatic carbocycles. The van der Waals surface area contributed by atoms with Crippen molar-refractivity contribution in [1.82, 2.24) is 4.90 Å². The van der Waals surface area contributed by atoms with Gasteiger partial charge in [-0.05, 0) is 37.4 Å². The molecule has 21 heavy (non-hydrogen) atoms. The summed E-state index contributed by atoms with van der Waals surface area (Å²) in [4.78, 5) is 2.35. The van der Waals surface area contributed by atoms with Crippen LogP contribution in [-0.2, 0) is 6.42 Å². The second-order valence-electron chi connectivity index (χ2n) is 6.64. The summed E-state index contributed by atoms with van der Waals surface area (Å²) in [6, 6.07) is 10.4. The summed E-state index contributed by atoms with van der Waals surface area (Å²) in [5, 5.41) is 21.3. The Morgan fingerprint density at radius 2 is 2.19 bits per heavy atom. The van der Waals surface area contributed by atoms with Crippen LogP contribution in [0.1, 0.15) is 24.8 Å². The fraction of sp³-hybridized carbons (Fsp3) is 0.588. The molecule has 0 saturated carbocycles. The Bertz CT molecular complexity index is 611. The molecule has 3 heterocycles. The van der Waals surface area contributed by atoms with Gasteiger partial charge in [0, 0.05) is 19.0 Å². The van der Waals surface area contributed by atoms with Crippen molar-refractivity contribution in [3.8, 4) is 11.8 Å². The Labute approximate surface area is 124 Å². The average molecular weight is 284 g/mol. The molecule has 4 rings (SSSR count). The fourth-order valence-corrected chi connectivity index (χ4v) is 4.49. The highest BCUT2D eigenvalue weighted by Crippen LogP contribution is 2.50. The van der Waals surface area contributed by atoms with Crippen LogP contribution in [0.5, 0.6) is 5.75 Å². The molecular formula is C17H20N2O2. The van der Waals surface area contributed by atoms with Crippen molar-refractivity contribution in [3.63, 3.8) is 0 Å². The van der Waals surface area contributed by atoms with Gasteiger partial charge in [-0.25, -0.2) is 0 Å². The van der Waals surface area contributed by atoms with E-state index in [2.05, 4.69) is 11.0 Å². The first-order valence-corrected chi connectivity index (χ1v) is 7.77. The van der Waals surface area contributed by atoms with E-state index in [4.69, 9.17) is 4.74 Å². The van der Waals surface area contributed by atoms with Crippen molar-refractivity contribution in [1.29, 1.82) is 5.26 Å². The second kappa shape index (κ2) is 4.46. The van der Waals surface area contributed by atoms with E-state index in [0.717, 1.165) is 37.2 Å². The zero-order chi connectivity index (χ0) is 14.5. The summed E-state index contributed by atoms with van der Waals surface area (Å²) in [6.07, 6.45) is 3.37. The molecule has 3 unspecified atom stereocenters. The maximum absolute atomic E-state index is 11.4. The summed E-state index contributed by atoms with van der Waals surface area (Å²) >= 11 is 0. The lowest BCUT2D eigenvalue weighted by atomic mass is 9.64. The van der Waals surface area contributed by atoms with Crippen LogP contribution in [0.15, 0.2) is 24.3 Å². The Hall–Kier alpha value is -1.57. The van der Waals surface area contributed by atoms with Gasteiger partial charge >= 0.3 is 0 Å². The van der Waals surface area contributed by atoms with Gasteiger partial charge in [-0.15, -0.1) is 0 Å². The molecule has 0 spiro atoms. The summed E-state index contributed by atoms with van der Waals surface area (Å²) in [5.41, 5.74) is -0.744. The number of fused-ring (bicyclic) bond motifs is 2. The van der Waals surface area contributed by atoms with E-state index in [9.17, 15) is 10.4 Å². The number of hydrogen-bond donors (Lipinski definition) is 1. The Morgan fingerprint density at radius 1 is 1.33 bits per heavy atom. The van der Waals surface area contributed by atoms with Crippen LogP contribution in [0.25, 0.3) is 0 Å². The maximum atomic E-state index is 11.4. The fourth-order valence-electron chi connectivity index (χ4n) is 4.49. The van der Waals surface area contributed by atoms with Crippen LogP contribution in [0.2, 0.25) is 0 Å². The Balaban J connectivity index is 1.74. The van der Waals surface area contributed by atoms with Gasteiger partial charge in [0.25, 0.3) is 0 Å². The zero-order valence-corrected chi connectivity index (χ0v) is 12.1. The standard InChI is InChI=1S/C17H20N2O2/c18-11-16(10-13-4-1-2-5-14(13)21-12-16)17(20)7-9-19-8-3-6-15(17)19/h1-2,4-5,15,20H,3,6-10,12H2. The maximum Gasteiger partial charge on any atom is 0.125 e. The summed E-state index contributed by atoms with van der Waals surface area (Å²) in [7, 11) is 0. The number of rotatable bonds is 1. The van der Waals surface area contributed by atoms with E-state index < -0.39 is 11.0 Å². The number of nitrogens with zero attached hydrogens (tertiary/aromatic N) is 2. The minimum absolute atomic E-state index is 0.117. The van der Waals surface area contributed by atoms with Crippen LogP contribution in [0, 0.1) is 16.7 Å². The van der Waals surface area contributed by atoms with E-state index in [1.807, 2.05) is 24.3 Å². The number of nitriles is 1. The average Bonchev–Trinajstić information content (AvgIpc) is 3.12. The van der Waals surface area contributed by atoms with Gasteiger partial charge in [-0.2, -0.15) is 5.26 Å². The molecule has 1 aromatic carbocycles. The second-order valence-corrected chi connectivity index (χ2v) is 6.64. The van der Waals surface area contributed by atoms with E-state index in [-0.39, 0.29) is 6.04 Å².